The molecule has 2 radical (unpaired) electrons. The second kappa shape index (κ2) is 3.66. The van der Waals surface area contributed by atoms with E-state index in [1.807, 2.05) is 18.2 Å². The van der Waals surface area contributed by atoms with Gasteiger partial charge in [0.15, 0.2) is 0 Å². The number of rotatable bonds is 2. The molecule has 0 aliphatic rings. The lowest BCUT2D eigenvalue weighted by atomic mass is 10.1. The Hall–Kier alpha value is -0.448. The fourth-order valence-electron chi connectivity index (χ4n) is 0.911. The summed E-state index contributed by atoms with van der Waals surface area (Å²) in [6, 6.07) is 8.02. The van der Waals surface area contributed by atoms with E-state index in [4.69, 9.17) is 3.79 Å². The summed E-state index contributed by atoms with van der Waals surface area (Å²) in [6.07, 6.45) is 1.02. The molecule has 0 aromatic heterocycles. The highest BCUT2D eigenvalue weighted by atomic mass is 27.1. The van der Waals surface area contributed by atoms with E-state index in [2.05, 4.69) is 29.6 Å². The van der Waals surface area contributed by atoms with Gasteiger partial charge in [0.05, 0.1) is 5.75 Å². The van der Waals surface area contributed by atoms with Gasteiger partial charge < -0.3 is 3.79 Å². The first-order chi connectivity index (χ1) is 4.88. The maximum absolute atomic E-state index is 5.05. The maximum atomic E-state index is 5.05. The smallest absolute Gasteiger partial charge is 0.482 e. The van der Waals surface area contributed by atoms with Gasteiger partial charge in [-0.1, -0.05) is 25.1 Å². The van der Waals surface area contributed by atoms with Crippen LogP contribution in [0, 0.1) is 0 Å². The molecule has 0 amide bonds. The van der Waals surface area contributed by atoms with Gasteiger partial charge in [-0.2, -0.15) is 0 Å². The SMILES string of the molecule is CCc1ccccc1[O][Al]. The van der Waals surface area contributed by atoms with Crippen LogP contribution in [0.15, 0.2) is 24.3 Å². The lowest BCUT2D eigenvalue weighted by molar-refractivity contribution is 0.606. The van der Waals surface area contributed by atoms with Gasteiger partial charge in [0, 0.05) is 0 Å². The average Bonchev–Trinajstić information content (AvgIpc) is 2.04. The maximum Gasteiger partial charge on any atom is 0.482 e. The summed E-state index contributed by atoms with van der Waals surface area (Å²) in [5.74, 6) is 0.954. The summed E-state index contributed by atoms with van der Waals surface area (Å²) >= 11 is 2.26. The third-order valence-corrected chi connectivity index (χ3v) is 1.73. The molecular weight excluding hydrogens is 139 g/mol. The number of para-hydroxylation sites is 1. The summed E-state index contributed by atoms with van der Waals surface area (Å²) in [5, 5.41) is 0. The van der Waals surface area contributed by atoms with E-state index < -0.39 is 0 Å². The third kappa shape index (κ3) is 1.53. The van der Waals surface area contributed by atoms with Crippen LogP contribution >= 0.6 is 0 Å². The molecule has 2 heteroatoms. The molecule has 0 unspecified atom stereocenters. The molecule has 1 aromatic carbocycles. The molecule has 1 nitrogen and oxygen atoms in total. The van der Waals surface area contributed by atoms with Crippen molar-refractivity contribution < 1.29 is 3.79 Å². The van der Waals surface area contributed by atoms with Gasteiger partial charge in [0.25, 0.3) is 0 Å². The molecule has 0 bridgehead atoms. The fourth-order valence-corrected chi connectivity index (χ4v) is 1.14. The normalized spacial score (nSPS) is 9.30. The Labute approximate surface area is 69.8 Å². The minimum absolute atomic E-state index is 0.954. The van der Waals surface area contributed by atoms with Crippen molar-refractivity contribution in [1.29, 1.82) is 0 Å². The van der Waals surface area contributed by atoms with Gasteiger partial charge in [0.2, 0.25) is 0 Å². The molecule has 0 aliphatic carbocycles. The zero-order valence-electron chi connectivity index (χ0n) is 6.00. The lowest BCUT2D eigenvalue weighted by Crippen LogP contribution is -1.90. The second-order valence-electron chi connectivity index (χ2n) is 2.08. The molecule has 0 heterocycles. The molecule has 0 N–H and O–H groups in total. The summed E-state index contributed by atoms with van der Waals surface area (Å²) in [5.41, 5.74) is 1.25. The summed E-state index contributed by atoms with van der Waals surface area (Å²) in [6.45, 7) is 2.11. The van der Waals surface area contributed by atoms with E-state index in [9.17, 15) is 0 Å². The molecule has 1 aromatic rings. The number of hydrogen-bond acceptors (Lipinski definition) is 1. The van der Waals surface area contributed by atoms with Gasteiger partial charge in [-0.05, 0) is 18.1 Å². The van der Waals surface area contributed by atoms with Crippen molar-refractivity contribution in [3.8, 4) is 5.75 Å². The number of aryl methyl sites for hydroxylation is 1. The highest BCUT2D eigenvalue weighted by Gasteiger charge is 1.94. The van der Waals surface area contributed by atoms with Crippen LogP contribution in [0.2, 0.25) is 0 Å². The molecule has 1 rings (SSSR count). The van der Waals surface area contributed by atoms with Crippen LogP contribution in [0.25, 0.3) is 0 Å². The number of hydrogen-bond donors (Lipinski definition) is 0. The molecular formula is C8H9AlO. The first-order valence-corrected chi connectivity index (χ1v) is 3.80. The van der Waals surface area contributed by atoms with Crippen molar-refractivity contribution >= 4 is 16.6 Å². The zero-order chi connectivity index (χ0) is 7.40. The Morgan fingerprint density at radius 2 is 2.10 bits per heavy atom. The topological polar surface area (TPSA) is 9.23 Å². The largest absolute Gasteiger partial charge is 0.653 e. The van der Waals surface area contributed by atoms with E-state index in [1.54, 1.807) is 0 Å². The molecule has 0 saturated heterocycles. The predicted molar refractivity (Wildman–Crippen MR) is 42.2 cm³/mol. The monoisotopic (exact) mass is 148 g/mol. The van der Waals surface area contributed by atoms with Gasteiger partial charge in [-0.3, -0.25) is 0 Å². The van der Waals surface area contributed by atoms with Crippen LogP contribution in [0.3, 0.4) is 0 Å². The first kappa shape index (κ1) is 7.66. The van der Waals surface area contributed by atoms with Crippen molar-refractivity contribution in [3.63, 3.8) is 0 Å². The van der Waals surface area contributed by atoms with Crippen LogP contribution in [-0.2, 0) is 6.42 Å². The van der Waals surface area contributed by atoms with Gasteiger partial charge in [-0.15, -0.1) is 0 Å². The van der Waals surface area contributed by atoms with Crippen molar-refractivity contribution in [3.05, 3.63) is 29.8 Å². The average molecular weight is 148 g/mol. The summed E-state index contributed by atoms with van der Waals surface area (Å²) in [4.78, 5) is 0. The van der Waals surface area contributed by atoms with E-state index in [0.717, 1.165) is 12.2 Å². The quantitative estimate of drug-likeness (QED) is 0.580. The molecule has 0 saturated carbocycles. The van der Waals surface area contributed by atoms with E-state index in [-0.39, 0.29) is 0 Å². The van der Waals surface area contributed by atoms with Crippen molar-refractivity contribution in [1.82, 2.24) is 0 Å². The Morgan fingerprint density at radius 3 is 2.60 bits per heavy atom. The fraction of sp³-hybridized carbons (Fsp3) is 0.250. The van der Waals surface area contributed by atoms with Crippen molar-refractivity contribution in [2.24, 2.45) is 0 Å². The van der Waals surface area contributed by atoms with Gasteiger partial charge >= 0.3 is 16.6 Å². The first-order valence-electron chi connectivity index (χ1n) is 3.33. The lowest BCUT2D eigenvalue weighted by Gasteiger charge is -2.06. The summed E-state index contributed by atoms with van der Waals surface area (Å²) < 4.78 is 5.05. The zero-order valence-corrected chi connectivity index (χ0v) is 7.16. The molecule has 50 valence electrons. The molecule has 10 heavy (non-hydrogen) atoms. The Balaban J connectivity index is 2.96. The van der Waals surface area contributed by atoms with Crippen LogP contribution in [0.4, 0.5) is 0 Å². The van der Waals surface area contributed by atoms with E-state index >= 15 is 0 Å². The third-order valence-electron chi connectivity index (χ3n) is 1.48. The highest BCUT2D eigenvalue weighted by molar-refractivity contribution is 6.00. The van der Waals surface area contributed by atoms with Crippen LogP contribution in [0.1, 0.15) is 12.5 Å². The van der Waals surface area contributed by atoms with Crippen molar-refractivity contribution in [2.45, 2.75) is 13.3 Å². The van der Waals surface area contributed by atoms with Crippen LogP contribution in [0.5, 0.6) is 5.75 Å². The Bertz CT molecular complexity index is 187. The van der Waals surface area contributed by atoms with Crippen LogP contribution < -0.4 is 3.79 Å². The number of benzene rings is 1. The minimum atomic E-state index is 0.954. The molecule has 0 aliphatic heterocycles. The molecule has 0 spiro atoms. The second-order valence-corrected chi connectivity index (χ2v) is 2.31. The Kier molecular flexibility index (Phi) is 2.80. The van der Waals surface area contributed by atoms with E-state index in [0.29, 0.717) is 0 Å². The van der Waals surface area contributed by atoms with Crippen LogP contribution in [-0.4, -0.2) is 16.6 Å². The predicted octanol–water partition coefficient (Wildman–Crippen LogP) is 1.71. The minimum Gasteiger partial charge on any atom is -0.653 e. The Morgan fingerprint density at radius 1 is 1.40 bits per heavy atom. The van der Waals surface area contributed by atoms with Gasteiger partial charge in [-0.25, -0.2) is 0 Å². The highest BCUT2D eigenvalue weighted by Crippen LogP contribution is 2.16. The van der Waals surface area contributed by atoms with E-state index in [1.165, 1.54) is 5.56 Å². The standard InChI is InChI=1S/C8H10O.Al/c1-2-7-5-3-4-6-8(7)9;/h3-6,9H,2H2,1H3;/q;+1/p-1. The summed E-state index contributed by atoms with van der Waals surface area (Å²) in [7, 11) is 0. The molecule has 0 fully saturated rings. The van der Waals surface area contributed by atoms with Gasteiger partial charge in [0.1, 0.15) is 0 Å². The molecule has 0 atom stereocenters. The van der Waals surface area contributed by atoms with Crippen molar-refractivity contribution in [2.75, 3.05) is 0 Å².